The highest BCUT2D eigenvalue weighted by atomic mass is 15.3. The van der Waals surface area contributed by atoms with E-state index in [1.54, 1.807) is 0 Å². The van der Waals surface area contributed by atoms with Gasteiger partial charge in [-0.1, -0.05) is 41.5 Å². The Balaban J connectivity index is 0.000000728. The molecule has 1 aliphatic carbocycles. The first-order valence-corrected chi connectivity index (χ1v) is 10.3. The molecule has 3 aliphatic rings. The van der Waals surface area contributed by atoms with Crippen molar-refractivity contribution in [2.45, 2.75) is 73.3 Å². The van der Waals surface area contributed by atoms with E-state index in [2.05, 4.69) is 28.8 Å². The first-order chi connectivity index (χ1) is 11.2. The molecule has 1 saturated carbocycles. The fourth-order valence-corrected chi connectivity index (χ4v) is 3.89. The van der Waals surface area contributed by atoms with Gasteiger partial charge in [-0.05, 0) is 58.3 Å². The van der Waals surface area contributed by atoms with Crippen molar-refractivity contribution >= 4 is 0 Å². The summed E-state index contributed by atoms with van der Waals surface area (Å²) < 4.78 is 0. The minimum atomic E-state index is 0.751. The Hall–Kier alpha value is -0.120. The Morgan fingerprint density at radius 1 is 0.609 bits per heavy atom. The number of hydrogen-bond donors (Lipinski definition) is 0. The second-order valence-corrected chi connectivity index (χ2v) is 6.70. The SMILES string of the molecule is CC.CC.CC.CN1CCN(C2CC3(CCN(C)CC3)C2)CC1. The summed E-state index contributed by atoms with van der Waals surface area (Å²) in [6.07, 6.45) is 5.89. The van der Waals surface area contributed by atoms with E-state index in [-0.39, 0.29) is 0 Å². The van der Waals surface area contributed by atoms with Gasteiger partial charge in [0.1, 0.15) is 0 Å². The van der Waals surface area contributed by atoms with Crippen LogP contribution in [0.4, 0.5) is 0 Å². The van der Waals surface area contributed by atoms with Gasteiger partial charge in [-0.2, -0.15) is 0 Å². The summed E-state index contributed by atoms with van der Waals surface area (Å²) in [5.41, 5.74) is 0.751. The van der Waals surface area contributed by atoms with Crippen molar-refractivity contribution in [2.75, 3.05) is 53.4 Å². The molecule has 1 spiro atoms. The summed E-state index contributed by atoms with van der Waals surface area (Å²) in [4.78, 5) is 7.71. The molecule has 0 bridgehead atoms. The Morgan fingerprint density at radius 3 is 1.43 bits per heavy atom. The molecule has 0 aromatic rings. The van der Waals surface area contributed by atoms with E-state index in [0.29, 0.717) is 0 Å². The van der Waals surface area contributed by atoms with Gasteiger partial charge < -0.3 is 9.80 Å². The van der Waals surface area contributed by atoms with Crippen LogP contribution in [0, 0.1) is 5.41 Å². The lowest BCUT2D eigenvalue weighted by molar-refractivity contribution is -0.0502. The third-order valence-electron chi connectivity index (χ3n) is 5.44. The van der Waals surface area contributed by atoms with E-state index in [1.807, 2.05) is 41.5 Å². The fourth-order valence-electron chi connectivity index (χ4n) is 3.89. The van der Waals surface area contributed by atoms with Crippen molar-refractivity contribution in [3.8, 4) is 0 Å². The standard InChI is InChI=1S/C14H27N3.3C2H6/c1-15-5-3-14(4-6-15)11-13(12-14)17-9-7-16(2)8-10-17;3*1-2/h13H,3-12H2,1-2H3;3*1-2H3. The van der Waals surface area contributed by atoms with Gasteiger partial charge in [0.15, 0.2) is 0 Å². The monoisotopic (exact) mass is 327 g/mol. The molecule has 0 N–H and O–H groups in total. The van der Waals surface area contributed by atoms with Crippen LogP contribution in [-0.2, 0) is 0 Å². The van der Waals surface area contributed by atoms with E-state index in [9.17, 15) is 0 Å². The lowest BCUT2D eigenvalue weighted by Gasteiger charge is -2.56. The van der Waals surface area contributed by atoms with Crippen LogP contribution >= 0.6 is 0 Å². The third-order valence-corrected chi connectivity index (χ3v) is 5.44. The smallest absolute Gasteiger partial charge is 0.0113 e. The van der Waals surface area contributed by atoms with Gasteiger partial charge in [-0.3, -0.25) is 4.90 Å². The summed E-state index contributed by atoms with van der Waals surface area (Å²) in [6, 6.07) is 0.923. The number of piperazine rings is 1. The fraction of sp³-hybridized carbons (Fsp3) is 1.00. The molecule has 0 atom stereocenters. The zero-order valence-electron chi connectivity index (χ0n) is 17.5. The lowest BCUT2D eigenvalue weighted by atomic mass is 9.60. The number of likely N-dealkylation sites (tertiary alicyclic amines) is 1. The average molecular weight is 328 g/mol. The summed E-state index contributed by atoms with van der Waals surface area (Å²) in [5, 5.41) is 0. The molecule has 3 heteroatoms. The molecule has 0 radical (unpaired) electrons. The van der Waals surface area contributed by atoms with Crippen LogP contribution in [0.3, 0.4) is 0 Å². The normalized spacial score (nSPS) is 25.0. The van der Waals surface area contributed by atoms with E-state index < -0.39 is 0 Å². The first kappa shape index (κ1) is 22.9. The van der Waals surface area contributed by atoms with E-state index in [4.69, 9.17) is 0 Å². The Labute approximate surface area is 147 Å². The third kappa shape index (κ3) is 6.72. The zero-order chi connectivity index (χ0) is 17.9. The summed E-state index contributed by atoms with van der Waals surface area (Å²) in [7, 11) is 4.51. The van der Waals surface area contributed by atoms with Crippen molar-refractivity contribution in [2.24, 2.45) is 5.41 Å². The van der Waals surface area contributed by atoms with Crippen LogP contribution in [0.5, 0.6) is 0 Å². The van der Waals surface area contributed by atoms with Crippen LogP contribution < -0.4 is 0 Å². The summed E-state index contributed by atoms with van der Waals surface area (Å²) >= 11 is 0. The lowest BCUT2D eigenvalue weighted by Crippen LogP contribution is -2.58. The predicted molar refractivity (Wildman–Crippen MR) is 105 cm³/mol. The van der Waals surface area contributed by atoms with Crippen molar-refractivity contribution < 1.29 is 0 Å². The van der Waals surface area contributed by atoms with E-state index in [1.165, 1.54) is 65.0 Å². The van der Waals surface area contributed by atoms with Crippen LogP contribution in [0.25, 0.3) is 0 Å². The quantitative estimate of drug-likeness (QED) is 0.715. The number of rotatable bonds is 1. The number of hydrogen-bond acceptors (Lipinski definition) is 3. The van der Waals surface area contributed by atoms with Gasteiger partial charge in [0.25, 0.3) is 0 Å². The predicted octanol–water partition coefficient (Wildman–Crippen LogP) is 4.19. The number of likely N-dealkylation sites (N-methyl/N-ethyl adjacent to an activating group) is 1. The molecule has 0 aromatic heterocycles. The van der Waals surface area contributed by atoms with Gasteiger partial charge in [-0.25, -0.2) is 0 Å². The highest BCUT2D eigenvalue weighted by Gasteiger charge is 2.47. The number of nitrogens with zero attached hydrogens (tertiary/aromatic N) is 3. The van der Waals surface area contributed by atoms with Crippen molar-refractivity contribution in [1.29, 1.82) is 0 Å². The maximum absolute atomic E-state index is 2.75. The molecule has 0 unspecified atom stereocenters. The molecule has 3 nitrogen and oxygen atoms in total. The highest BCUT2D eigenvalue weighted by molar-refractivity contribution is 5.01. The first-order valence-electron chi connectivity index (χ1n) is 10.3. The van der Waals surface area contributed by atoms with Gasteiger partial charge in [-0.15, -0.1) is 0 Å². The van der Waals surface area contributed by atoms with Gasteiger partial charge in [0.05, 0.1) is 0 Å². The summed E-state index contributed by atoms with van der Waals surface area (Å²) in [6.45, 7) is 19.8. The molecular formula is C20H45N3. The molecule has 140 valence electrons. The molecule has 2 aliphatic heterocycles. The second-order valence-electron chi connectivity index (χ2n) is 6.70. The van der Waals surface area contributed by atoms with Crippen molar-refractivity contribution in [3.05, 3.63) is 0 Å². The second kappa shape index (κ2) is 12.3. The topological polar surface area (TPSA) is 9.72 Å². The van der Waals surface area contributed by atoms with E-state index in [0.717, 1.165) is 11.5 Å². The van der Waals surface area contributed by atoms with Gasteiger partial charge in [0.2, 0.25) is 0 Å². The van der Waals surface area contributed by atoms with Crippen LogP contribution in [0.1, 0.15) is 67.2 Å². The molecule has 3 fully saturated rings. The molecular weight excluding hydrogens is 282 g/mol. The minimum Gasteiger partial charge on any atom is -0.306 e. The van der Waals surface area contributed by atoms with E-state index >= 15 is 0 Å². The molecule has 23 heavy (non-hydrogen) atoms. The molecule has 3 rings (SSSR count). The Morgan fingerprint density at radius 2 is 1.00 bits per heavy atom. The molecule has 2 heterocycles. The van der Waals surface area contributed by atoms with Crippen molar-refractivity contribution in [3.63, 3.8) is 0 Å². The average Bonchev–Trinajstić information content (AvgIpc) is 2.60. The molecule has 2 saturated heterocycles. The molecule has 0 aromatic carbocycles. The molecule has 0 amide bonds. The van der Waals surface area contributed by atoms with Crippen LogP contribution in [-0.4, -0.2) is 74.1 Å². The Bertz CT molecular complexity index is 256. The van der Waals surface area contributed by atoms with Crippen molar-refractivity contribution in [1.82, 2.24) is 14.7 Å². The zero-order valence-corrected chi connectivity index (χ0v) is 17.5. The minimum absolute atomic E-state index is 0.751. The van der Waals surface area contributed by atoms with Gasteiger partial charge >= 0.3 is 0 Å². The largest absolute Gasteiger partial charge is 0.306 e. The van der Waals surface area contributed by atoms with Crippen LogP contribution in [0.2, 0.25) is 0 Å². The maximum Gasteiger partial charge on any atom is 0.0113 e. The highest BCUT2D eigenvalue weighted by Crippen LogP contribution is 2.50. The van der Waals surface area contributed by atoms with Gasteiger partial charge in [0, 0.05) is 32.2 Å². The summed E-state index contributed by atoms with van der Waals surface area (Å²) in [5.74, 6) is 0. The maximum atomic E-state index is 2.75. The van der Waals surface area contributed by atoms with Crippen LogP contribution in [0.15, 0.2) is 0 Å². The Kier molecular flexibility index (Phi) is 12.2. The number of piperidine rings is 1.